The number of hydrogen-bond donors (Lipinski definition) is 2. The summed E-state index contributed by atoms with van der Waals surface area (Å²) >= 11 is 3.39. The fourth-order valence-corrected chi connectivity index (χ4v) is 1.68. The Morgan fingerprint density at radius 2 is 2.27 bits per heavy atom. The molecule has 1 aromatic carbocycles. The highest BCUT2D eigenvalue weighted by molar-refractivity contribution is 9.10. The molecule has 1 amide bonds. The van der Waals surface area contributed by atoms with E-state index in [1.54, 1.807) is 0 Å². The zero-order valence-electron chi connectivity index (χ0n) is 8.37. The first-order valence-electron chi connectivity index (χ1n) is 4.84. The van der Waals surface area contributed by atoms with Gasteiger partial charge in [0, 0.05) is 17.4 Å². The average molecular weight is 272 g/mol. The Kier molecular flexibility index (Phi) is 5.36. The van der Waals surface area contributed by atoms with Crippen molar-refractivity contribution in [1.82, 2.24) is 5.32 Å². The van der Waals surface area contributed by atoms with E-state index in [2.05, 4.69) is 21.2 Å². The van der Waals surface area contributed by atoms with Gasteiger partial charge in [0.25, 0.3) is 0 Å². The maximum atomic E-state index is 11.0. The van der Waals surface area contributed by atoms with E-state index in [-0.39, 0.29) is 18.9 Å². The Balaban J connectivity index is 2.28. The van der Waals surface area contributed by atoms with Gasteiger partial charge in [-0.15, -0.1) is 0 Å². The molecule has 3 nitrogen and oxygen atoms in total. The number of carbonyl (C=O) groups excluding carboxylic acids is 1. The van der Waals surface area contributed by atoms with Gasteiger partial charge in [0.1, 0.15) is 0 Å². The highest BCUT2D eigenvalue weighted by Crippen LogP contribution is 2.11. The molecule has 0 spiro atoms. The van der Waals surface area contributed by atoms with Crippen LogP contribution in [0.4, 0.5) is 0 Å². The van der Waals surface area contributed by atoms with Crippen molar-refractivity contribution in [3.8, 4) is 0 Å². The third kappa shape index (κ3) is 4.95. The van der Waals surface area contributed by atoms with E-state index in [1.165, 1.54) is 5.56 Å². The summed E-state index contributed by atoms with van der Waals surface area (Å²) in [7, 11) is 0. The number of carbonyl (C=O) groups is 1. The highest BCUT2D eigenvalue weighted by atomic mass is 79.9. The summed E-state index contributed by atoms with van der Waals surface area (Å²) in [5.74, 6) is -0.104. The Labute approximate surface area is 97.6 Å². The van der Waals surface area contributed by atoms with E-state index in [4.69, 9.17) is 5.11 Å². The largest absolute Gasteiger partial charge is 0.396 e. The van der Waals surface area contributed by atoms with Crippen LogP contribution in [0.2, 0.25) is 0 Å². The summed E-state index contributed by atoms with van der Waals surface area (Å²) in [6.45, 7) is 0.512. The lowest BCUT2D eigenvalue weighted by Gasteiger charge is -2.04. The van der Waals surface area contributed by atoms with Crippen molar-refractivity contribution in [3.63, 3.8) is 0 Å². The lowest BCUT2D eigenvalue weighted by atomic mass is 10.1. The first kappa shape index (κ1) is 12.2. The summed E-state index contributed by atoms with van der Waals surface area (Å²) in [5.41, 5.74) is 1.17. The van der Waals surface area contributed by atoms with Gasteiger partial charge in [-0.1, -0.05) is 28.1 Å². The molecular weight excluding hydrogens is 258 g/mol. The summed E-state index contributed by atoms with van der Waals surface area (Å²) in [4.78, 5) is 11.0. The van der Waals surface area contributed by atoms with E-state index < -0.39 is 0 Å². The Morgan fingerprint density at radius 3 is 2.93 bits per heavy atom. The van der Waals surface area contributed by atoms with E-state index >= 15 is 0 Å². The number of hydrogen-bond acceptors (Lipinski definition) is 2. The van der Waals surface area contributed by atoms with Crippen molar-refractivity contribution in [2.75, 3.05) is 13.2 Å². The topological polar surface area (TPSA) is 49.3 Å². The number of amides is 1. The monoisotopic (exact) mass is 271 g/mol. The lowest BCUT2D eigenvalue weighted by Crippen LogP contribution is -2.26. The summed E-state index contributed by atoms with van der Waals surface area (Å²) in [5, 5.41) is 11.3. The number of nitrogens with one attached hydrogen (secondary N) is 1. The van der Waals surface area contributed by atoms with Crippen molar-refractivity contribution in [1.29, 1.82) is 0 Å². The number of halogens is 1. The number of aliphatic hydroxyl groups is 1. The standard InChI is InChI=1S/C11H14BrNO2/c12-10-3-1-2-9(8-10)4-6-13-11(15)5-7-14/h1-3,8,14H,4-7H2,(H,13,15). The van der Waals surface area contributed by atoms with Gasteiger partial charge in [-0.3, -0.25) is 4.79 Å². The second-order valence-electron chi connectivity index (χ2n) is 3.20. The smallest absolute Gasteiger partial charge is 0.222 e. The molecule has 0 bridgehead atoms. The fraction of sp³-hybridized carbons (Fsp3) is 0.364. The van der Waals surface area contributed by atoms with Gasteiger partial charge < -0.3 is 10.4 Å². The predicted molar refractivity (Wildman–Crippen MR) is 62.6 cm³/mol. The number of aliphatic hydroxyl groups excluding tert-OH is 1. The minimum Gasteiger partial charge on any atom is -0.396 e. The highest BCUT2D eigenvalue weighted by Gasteiger charge is 1.99. The van der Waals surface area contributed by atoms with E-state index in [1.807, 2.05) is 24.3 Å². The zero-order chi connectivity index (χ0) is 11.1. The van der Waals surface area contributed by atoms with Crippen molar-refractivity contribution in [3.05, 3.63) is 34.3 Å². The van der Waals surface area contributed by atoms with Crippen LogP contribution >= 0.6 is 15.9 Å². The second-order valence-corrected chi connectivity index (χ2v) is 4.12. The van der Waals surface area contributed by atoms with Crippen LogP contribution in [0.25, 0.3) is 0 Å². The molecule has 0 unspecified atom stereocenters. The van der Waals surface area contributed by atoms with Crippen molar-refractivity contribution < 1.29 is 9.90 Å². The lowest BCUT2D eigenvalue weighted by molar-refractivity contribution is -0.121. The molecule has 0 aliphatic carbocycles. The normalized spacial score (nSPS) is 10.0. The van der Waals surface area contributed by atoms with Crippen LogP contribution < -0.4 is 5.32 Å². The maximum absolute atomic E-state index is 11.0. The Morgan fingerprint density at radius 1 is 1.47 bits per heavy atom. The summed E-state index contributed by atoms with van der Waals surface area (Å²) in [6.07, 6.45) is 0.981. The van der Waals surface area contributed by atoms with Crippen LogP contribution in [-0.2, 0) is 11.2 Å². The van der Waals surface area contributed by atoms with E-state index in [9.17, 15) is 4.79 Å². The average Bonchev–Trinajstić information content (AvgIpc) is 2.18. The molecule has 0 radical (unpaired) electrons. The van der Waals surface area contributed by atoms with Gasteiger partial charge >= 0.3 is 0 Å². The molecular formula is C11H14BrNO2. The van der Waals surface area contributed by atoms with Crippen LogP contribution in [0.3, 0.4) is 0 Å². The van der Waals surface area contributed by atoms with Gasteiger partial charge in [0.2, 0.25) is 5.91 Å². The molecule has 82 valence electrons. The molecule has 0 aromatic heterocycles. The minimum absolute atomic E-state index is 0.0945. The molecule has 15 heavy (non-hydrogen) atoms. The van der Waals surface area contributed by atoms with Crippen molar-refractivity contribution in [2.45, 2.75) is 12.8 Å². The maximum Gasteiger partial charge on any atom is 0.222 e. The molecule has 0 atom stereocenters. The van der Waals surface area contributed by atoms with E-state index in [0.29, 0.717) is 6.54 Å². The minimum atomic E-state index is -0.104. The molecule has 0 heterocycles. The second kappa shape index (κ2) is 6.58. The van der Waals surface area contributed by atoms with Gasteiger partial charge in [-0.25, -0.2) is 0 Å². The van der Waals surface area contributed by atoms with Crippen molar-refractivity contribution >= 4 is 21.8 Å². The Bertz CT molecular complexity index is 328. The van der Waals surface area contributed by atoms with Crippen LogP contribution in [0.1, 0.15) is 12.0 Å². The van der Waals surface area contributed by atoms with Crippen LogP contribution in [0.5, 0.6) is 0 Å². The van der Waals surface area contributed by atoms with Gasteiger partial charge in [0.15, 0.2) is 0 Å². The third-order valence-corrected chi connectivity index (χ3v) is 2.46. The molecule has 0 fully saturated rings. The molecule has 1 aromatic rings. The quantitative estimate of drug-likeness (QED) is 0.853. The molecule has 1 rings (SSSR count). The molecule has 0 aliphatic heterocycles. The zero-order valence-corrected chi connectivity index (χ0v) is 9.96. The number of benzene rings is 1. The molecule has 0 saturated heterocycles. The molecule has 4 heteroatoms. The summed E-state index contributed by atoms with van der Waals surface area (Å²) in [6, 6.07) is 7.98. The fourth-order valence-electron chi connectivity index (χ4n) is 1.23. The van der Waals surface area contributed by atoms with E-state index in [0.717, 1.165) is 10.9 Å². The van der Waals surface area contributed by atoms with Crippen LogP contribution in [0.15, 0.2) is 28.7 Å². The third-order valence-electron chi connectivity index (χ3n) is 1.96. The first-order chi connectivity index (χ1) is 7.22. The Hall–Kier alpha value is -0.870. The first-order valence-corrected chi connectivity index (χ1v) is 5.63. The predicted octanol–water partition coefficient (Wildman–Crippen LogP) is 1.49. The molecule has 2 N–H and O–H groups in total. The number of rotatable bonds is 5. The SMILES string of the molecule is O=C(CCO)NCCc1cccc(Br)c1. The summed E-state index contributed by atoms with van der Waals surface area (Å²) < 4.78 is 1.04. The van der Waals surface area contributed by atoms with Crippen LogP contribution in [0, 0.1) is 0 Å². The van der Waals surface area contributed by atoms with Gasteiger partial charge in [-0.05, 0) is 24.1 Å². The molecule has 0 saturated carbocycles. The van der Waals surface area contributed by atoms with Gasteiger partial charge in [-0.2, -0.15) is 0 Å². The molecule has 0 aliphatic rings. The van der Waals surface area contributed by atoms with Gasteiger partial charge in [0.05, 0.1) is 6.61 Å². The van der Waals surface area contributed by atoms with Crippen molar-refractivity contribution in [2.24, 2.45) is 0 Å². The van der Waals surface area contributed by atoms with Crippen LogP contribution in [-0.4, -0.2) is 24.2 Å².